The number of nitrogens with zero attached hydrogens (tertiary/aromatic N) is 1. The van der Waals surface area contributed by atoms with Crippen LogP contribution < -0.4 is 10.6 Å². The van der Waals surface area contributed by atoms with E-state index in [1.54, 1.807) is 4.90 Å². The highest BCUT2D eigenvalue weighted by Gasteiger charge is 2.36. The Hall–Kier alpha value is -2.54. The number of halogens is 5. The maximum Gasteiger partial charge on any atom is 0.416 e. The minimum atomic E-state index is -4.80. The van der Waals surface area contributed by atoms with Gasteiger partial charge < -0.3 is 15.7 Å². The zero-order valence-electron chi connectivity index (χ0n) is 20.2. The zero-order valence-corrected chi connectivity index (χ0v) is 22.6. The average molecular weight is 596 g/mol. The Morgan fingerprint density at radius 2 is 1.79 bits per heavy atom. The number of nitrogens with one attached hydrogen (secondary N) is 2. The molecule has 0 saturated carbocycles. The highest BCUT2D eigenvalue weighted by molar-refractivity contribution is 7.91. The molecule has 1 aliphatic heterocycles. The van der Waals surface area contributed by atoms with Gasteiger partial charge in [0.1, 0.15) is 0 Å². The third-order valence-corrected chi connectivity index (χ3v) is 8.64. The number of hydrogen-bond acceptors (Lipinski definition) is 5. The molecule has 38 heavy (non-hydrogen) atoms. The van der Waals surface area contributed by atoms with E-state index < -0.39 is 33.6 Å². The van der Waals surface area contributed by atoms with Crippen molar-refractivity contribution in [3.63, 3.8) is 0 Å². The molecule has 3 rings (SSSR count). The first-order valence-electron chi connectivity index (χ1n) is 11.6. The van der Waals surface area contributed by atoms with Crippen molar-refractivity contribution < 1.29 is 36.3 Å². The van der Waals surface area contributed by atoms with E-state index in [2.05, 4.69) is 10.6 Å². The number of hydrogen-bond donors (Lipinski definition) is 3. The van der Waals surface area contributed by atoms with Crippen LogP contribution in [0.25, 0.3) is 0 Å². The molecule has 0 spiro atoms. The highest BCUT2D eigenvalue weighted by Crippen LogP contribution is 2.37. The standard InChI is InChI=1S/C24H26Cl2F3N3O5S/c1-2-38(36,37)21-4-3-16(25)9-15(21)12-30-22(33)14-10-19(24(27,28)29)18(20(26)11-14)13-32-7-5-17(6-8-32)31-23(34)35/h3-4,9-11,17,31H,2,5-8,12-13H2,1H3,(H,30,33)(H,34,35). The second-order valence-corrected chi connectivity index (χ2v) is 11.9. The van der Waals surface area contributed by atoms with Crippen LogP contribution in [0.15, 0.2) is 35.2 Å². The van der Waals surface area contributed by atoms with Crippen LogP contribution in [0.2, 0.25) is 10.0 Å². The lowest BCUT2D eigenvalue weighted by atomic mass is 10.00. The Morgan fingerprint density at radius 3 is 2.37 bits per heavy atom. The first-order valence-corrected chi connectivity index (χ1v) is 14.0. The monoisotopic (exact) mass is 595 g/mol. The largest absolute Gasteiger partial charge is 0.465 e. The van der Waals surface area contributed by atoms with Crippen molar-refractivity contribution in [1.82, 2.24) is 15.5 Å². The van der Waals surface area contributed by atoms with Crippen molar-refractivity contribution in [1.29, 1.82) is 0 Å². The van der Waals surface area contributed by atoms with Gasteiger partial charge in [-0.3, -0.25) is 9.69 Å². The first-order chi connectivity index (χ1) is 17.7. The second-order valence-electron chi connectivity index (χ2n) is 8.82. The van der Waals surface area contributed by atoms with Crippen LogP contribution in [-0.2, 0) is 29.1 Å². The smallest absolute Gasteiger partial charge is 0.416 e. The fraction of sp³-hybridized carbons (Fsp3) is 0.417. The molecular weight excluding hydrogens is 570 g/mol. The zero-order chi connectivity index (χ0) is 28.3. The van der Waals surface area contributed by atoms with Crippen molar-refractivity contribution in [2.45, 2.75) is 50.0 Å². The number of carbonyl (C=O) groups is 2. The molecule has 208 valence electrons. The number of benzene rings is 2. The van der Waals surface area contributed by atoms with E-state index in [1.807, 2.05) is 0 Å². The van der Waals surface area contributed by atoms with E-state index >= 15 is 0 Å². The summed E-state index contributed by atoms with van der Waals surface area (Å²) in [5.74, 6) is -1.06. The Kier molecular flexibility index (Phi) is 9.56. The van der Waals surface area contributed by atoms with E-state index in [-0.39, 0.29) is 56.5 Å². The molecule has 0 bridgehead atoms. The van der Waals surface area contributed by atoms with Crippen LogP contribution >= 0.6 is 23.2 Å². The van der Waals surface area contributed by atoms with E-state index in [1.165, 1.54) is 25.1 Å². The van der Waals surface area contributed by atoms with Gasteiger partial charge in [0.25, 0.3) is 5.91 Å². The van der Waals surface area contributed by atoms with Gasteiger partial charge in [0.15, 0.2) is 9.84 Å². The summed E-state index contributed by atoms with van der Waals surface area (Å²) in [6, 6.07) is 5.67. The molecule has 0 atom stereocenters. The lowest BCUT2D eigenvalue weighted by molar-refractivity contribution is -0.138. The van der Waals surface area contributed by atoms with E-state index in [4.69, 9.17) is 28.3 Å². The third-order valence-electron chi connectivity index (χ3n) is 6.24. The fourth-order valence-corrected chi connectivity index (χ4v) is 5.83. The topological polar surface area (TPSA) is 116 Å². The molecule has 0 aliphatic carbocycles. The van der Waals surface area contributed by atoms with Crippen molar-refractivity contribution in [3.05, 3.63) is 62.6 Å². The molecule has 2 aromatic rings. The molecule has 8 nitrogen and oxygen atoms in total. The summed E-state index contributed by atoms with van der Waals surface area (Å²) < 4.78 is 66.7. The molecule has 1 saturated heterocycles. The van der Waals surface area contributed by atoms with Crippen molar-refractivity contribution in [2.75, 3.05) is 18.8 Å². The Balaban J connectivity index is 1.81. The summed E-state index contributed by atoms with van der Waals surface area (Å²) >= 11 is 12.2. The van der Waals surface area contributed by atoms with Gasteiger partial charge >= 0.3 is 12.3 Å². The van der Waals surface area contributed by atoms with Gasteiger partial charge in [-0.1, -0.05) is 30.1 Å². The van der Waals surface area contributed by atoms with Gasteiger partial charge in [0, 0.05) is 47.8 Å². The molecular formula is C24H26Cl2F3N3O5S. The normalized spacial score (nSPS) is 15.3. The van der Waals surface area contributed by atoms with Gasteiger partial charge in [-0.15, -0.1) is 0 Å². The maximum absolute atomic E-state index is 14.0. The minimum Gasteiger partial charge on any atom is -0.465 e. The van der Waals surface area contributed by atoms with Crippen LogP contribution in [0.4, 0.5) is 18.0 Å². The number of likely N-dealkylation sites (tertiary alicyclic amines) is 1. The number of carbonyl (C=O) groups excluding carboxylic acids is 1. The number of sulfone groups is 1. The maximum atomic E-state index is 14.0. The molecule has 2 aromatic carbocycles. The summed E-state index contributed by atoms with van der Waals surface area (Å²) in [5, 5.41) is 13.7. The Labute approximate surface area is 228 Å². The summed E-state index contributed by atoms with van der Waals surface area (Å²) in [5.41, 5.74) is -1.38. The van der Waals surface area contributed by atoms with Crippen LogP contribution in [0, 0.1) is 0 Å². The van der Waals surface area contributed by atoms with Gasteiger partial charge in [0.2, 0.25) is 0 Å². The fourth-order valence-electron chi connectivity index (χ4n) is 4.24. The van der Waals surface area contributed by atoms with Crippen molar-refractivity contribution >= 4 is 45.0 Å². The Bertz CT molecular complexity index is 1310. The molecule has 14 heteroatoms. The molecule has 0 aromatic heterocycles. The highest BCUT2D eigenvalue weighted by atomic mass is 35.5. The third kappa shape index (κ3) is 7.52. The predicted octanol–water partition coefficient (Wildman–Crippen LogP) is 4.97. The molecule has 1 heterocycles. The van der Waals surface area contributed by atoms with Gasteiger partial charge in [0.05, 0.1) is 16.2 Å². The van der Waals surface area contributed by atoms with Crippen LogP contribution in [0.5, 0.6) is 0 Å². The van der Waals surface area contributed by atoms with E-state index in [9.17, 15) is 31.2 Å². The average Bonchev–Trinajstić information content (AvgIpc) is 2.83. The summed E-state index contributed by atoms with van der Waals surface area (Å²) in [6.45, 7) is 1.78. The number of alkyl halides is 3. The molecule has 0 radical (unpaired) electrons. The van der Waals surface area contributed by atoms with Gasteiger partial charge in [-0.2, -0.15) is 13.2 Å². The number of amides is 2. The van der Waals surface area contributed by atoms with Crippen molar-refractivity contribution in [2.24, 2.45) is 0 Å². The Morgan fingerprint density at radius 1 is 1.13 bits per heavy atom. The van der Waals surface area contributed by atoms with Crippen LogP contribution in [-0.4, -0.2) is 55.3 Å². The summed E-state index contributed by atoms with van der Waals surface area (Å²) in [4.78, 5) is 25.3. The lowest BCUT2D eigenvalue weighted by Gasteiger charge is -2.32. The lowest BCUT2D eigenvalue weighted by Crippen LogP contribution is -2.44. The number of rotatable bonds is 8. The molecule has 1 fully saturated rings. The van der Waals surface area contributed by atoms with Gasteiger partial charge in [-0.05, 0) is 54.3 Å². The number of piperidine rings is 1. The molecule has 1 aliphatic rings. The minimum absolute atomic E-state index is 0.0311. The number of carboxylic acid groups (broad SMARTS) is 1. The van der Waals surface area contributed by atoms with Crippen molar-refractivity contribution in [3.8, 4) is 0 Å². The second kappa shape index (κ2) is 12.1. The SMILES string of the molecule is CCS(=O)(=O)c1ccc(Cl)cc1CNC(=O)c1cc(Cl)c(CN2CCC(NC(=O)O)CC2)c(C(F)(F)F)c1. The van der Waals surface area contributed by atoms with Crippen LogP contribution in [0.3, 0.4) is 0 Å². The first kappa shape index (κ1) is 30.0. The van der Waals surface area contributed by atoms with Gasteiger partial charge in [-0.25, -0.2) is 13.2 Å². The van der Waals surface area contributed by atoms with Crippen LogP contribution in [0.1, 0.15) is 46.8 Å². The predicted molar refractivity (Wildman–Crippen MR) is 136 cm³/mol. The quantitative estimate of drug-likeness (QED) is 0.397. The summed E-state index contributed by atoms with van der Waals surface area (Å²) in [7, 11) is -3.64. The molecule has 3 N–H and O–H groups in total. The summed E-state index contributed by atoms with van der Waals surface area (Å²) in [6.07, 6.45) is -5.08. The van der Waals surface area contributed by atoms with E-state index in [0.29, 0.717) is 25.9 Å². The van der Waals surface area contributed by atoms with E-state index in [0.717, 1.165) is 12.1 Å². The molecule has 0 unspecified atom stereocenters. The molecule has 2 amide bonds.